The molecule has 0 unspecified atom stereocenters. The molecule has 22 heteroatoms. The molecular formula is C3H3F9O9S3Tm. The summed E-state index contributed by atoms with van der Waals surface area (Å²) < 4.78 is 173. The summed E-state index contributed by atoms with van der Waals surface area (Å²) in [6.45, 7) is 0. The third kappa shape index (κ3) is 16.2. The van der Waals surface area contributed by atoms with Crippen LogP contribution < -0.4 is 0 Å². The van der Waals surface area contributed by atoms with Gasteiger partial charge in [-0.3, -0.25) is 13.7 Å². The van der Waals surface area contributed by atoms with Gasteiger partial charge in [0.25, 0.3) is 0 Å². The topological polar surface area (TPSA) is 163 Å². The summed E-state index contributed by atoms with van der Waals surface area (Å²) in [5, 5.41) is 0. The molecule has 0 aromatic carbocycles. The van der Waals surface area contributed by atoms with E-state index in [1.54, 1.807) is 0 Å². The molecule has 0 atom stereocenters. The second-order valence-corrected chi connectivity index (χ2v) is 7.00. The molecule has 25 heavy (non-hydrogen) atoms. The summed E-state index contributed by atoms with van der Waals surface area (Å²) in [6, 6.07) is 0. The third-order valence-corrected chi connectivity index (χ3v) is 2.63. The Kier molecular flexibility index (Phi) is 13.2. The van der Waals surface area contributed by atoms with Gasteiger partial charge in [-0.2, -0.15) is 64.8 Å². The summed E-state index contributed by atoms with van der Waals surface area (Å²) in [7, 11) is -17.5. The molecule has 0 bridgehead atoms. The molecule has 0 heterocycles. The summed E-state index contributed by atoms with van der Waals surface area (Å²) >= 11 is 0. The molecule has 9 nitrogen and oxygen atoms in total. The number of hydrogen-bond acceptors (Lipinski definition) is 6. The second kappa shape index (κ2) is 10.0. The van der Waals surface area contributed by atoms with E-state index in [9.17, 15) is 39.5 Å². The number of alkyl halides is 9. The zero-order valence-electron chi connectivity index (χ0n) is 10.2. The first-order chi connectivity index (χ1) is 9.75. The van der Waals surface area contributed by atoms with E-state index in [-0.39, 0.29) is 36.9 Å². The quantitative estimate of drug-likeness (QED) is 0.205. The largest absolute Gasteiger partial charge is 0.522 e. The maximum Gasteiger partial charge on any atom is 0.522 e. The van der Waals surface area contributed by atoms with E-state index < -0.39 is 46.9 Å². The van der Waals surface area contributed by atoms with Gasteiger partial charge in [-0.1, -0.05) is 0 Å². The smallest absolute Gasteiger partial charge is 0.279 e. The van der Waals surface area contributed by atoms with Crippen molar-refractivity contribution in [1.29, 1.82) is 0 Å². The van der Waals surface area contributed by atoms with Crippen LogP contribution >= 0.6 is 0 Å². The van der Waals surface area contributed by atoms with Crippen molar-refractivity contribution in [2.24, 2.45) is 0 Å². The number of rotatable bonds is 0. The van der Waals surface area contributed by atoms with Gasteiger partial charge in [-0.15, -0.1) is 0 Å². The third-order valence-electron chi connectivity index (χ3n) is 0.877. The minimum atomic E-state index is -5.84. The first-order valence-electron chi connectivity index (χ1n) is 3.86. The Bertz CT molecular complexity index is 596. The molecule has 0 aliphatic rings. The predicted octanol–water partition coefficient (Wildman–Crippen LogP) is 1.18. The molecule has 0 spiro atoms. The molecule has 0 saturated carbocycles. The molecule has 0 rings (SSSR count). The molecule has 0 aromatic heterocycles. The second-order valence-electron chi connectivity index (χ2n) is 2.76. The zero-order chi connectivity index (χ0) is 21.0. The van der Waals surface area contributed by atoms with Gasteiger partial charge in [0.1, 0.15) is 0 Å². The summed E-state index contributed by atoms with van der Waals surface area (Å²) in [5.41, 5.74) is -16.6. The van der Waals surface area contributed by atoms with Crippen LogP contribution in [0.2, 0.25) is 0 Å². The molecule has 163 valence electrons. The summed E-state index contributed by atoms with van der Waals surface area (Å²) in [6.07, 6.45) is 0. The maximum atomic E-state index is 10.7. The van der Waals surface area contributed by atoms with Crippen molar-refractivity contribution in [2.45, 2.75) is 16.5 Å². The molecule has 0 amide bonds. The van der Waals surface area contributed by atoms with Gasteiger partial charge in [0.05, 0.1) is 0 Å². The van der Waals surface area contributed by atoms with Gasteiger partial charge in [-0.25, -0.2) is 0 Å². The summed E-state index contributed by atoms with van der Waals surface area (Å²) in [4.78, 5) is 0. The Hall–Kier alpha value is 0.334. The van der Waals surface area contributed by atoms with Crippen LogP contribution in [0.5, 0.6) is 0 Å². The Morgan fingerprint density at radius 3 is 0.480 bits per heavy atom. The Morgan fingerprint density at radius 1 is 0.440 bits per heavy atom. The van der Waals surface area contributed by atoms with Crippen molar-refractivity contribution in [1.82, 2.24) is 0 Å². The van der Waals surface area contributed by atoms with Gasteiger partial charge in [-0.05, 0) is 0 Å². The van der Waals surface area contributed by atoms with Gasteiger partial charge in [0.2, 0.25) is 0 Å². The van der Waals surface area contributed by atoms with E-state index in [0.29, 0.717) is 0 Å². The van der Waals surface area contributed by atoms with Crippen LogP contribution in [0.1, 0.15) is 0 Å². The normalized spacial score (nSPS) is 13.4. The van der Waals surface area contributed by atoms with Crippen molar-refractivity contribution in [3.05, 3.63) is 0 Å². The van der Waals surface area contributed by atoms with Crippen LogP contribution in [0.4, 0.5) is 39.5 Å². The van der Waals surface area contributed by atoms with E-state index >= 15 is 0 Å². The van der Waals surface area contributed by atoms with Gasteiger partial charge in [0, 0.05) is 36.9 Å². The van der Waals surface area contributed by atoms with E-state index in [4.69, 9.17) is 38.9 Å². The van der Waals surface area contributed by atoms with E-state index in [2.05, 4.69) is 0 Å². The fraction of sp³-hybridized carbons (Fsp3) is 1.00. The number of hydrogen-bond donors (Lipinski definition) is 3. The van der Waals surface area contributed by atoms with Gasteiger partial charge >= 0.3 is 46.9 Å². The van der Waals surface area contributed by atoms with Crippen LogP contribution in [0.3, 0.4) is 0 Å². The number of halogens is 9. The molecule has 1 radical (unpaired) electrons. The fourth-order valence-corrected chi connectivity index (χ4v) is 0. The molecule has 0 aliphatic heterocycles. The minimum absolute atomic E-state index is 0. The summed E-state index contributed by atoms with van der Waals surface area (Å²) in [5.74, 6) is 0. The molecule has 0 saturated heterocycles. The minimum Gasteiger partial charge on any atom is -0.279 e. The average molecular weight is 619 g/mol. The maximum absolute atomic E-state index is 10.7. The van der Waals surface area contributed by atoms with Crippen LogP contribution in [-0.2, 0) is 30.4 Å². The van der Waals surface area contributed by atoms with E-state index in [1.807, 2.05) is 0 Å². The Labute approximate surface area is 161 Å². The van der Waals surface area contributed by atoms with Crippen molar-refractivity contribution in [3.8, 4) is 0 Å². The van der Waals surface area contributed by atoms with Crippen LogP contribution in [-0.4, -0.2) is 55.4 Å². The van der Waals surface area contributed by atoms with Gasteiger partial charge < -0.3 is 0 Å². The molecule has 0 aromatic rings. The van der Waals surface area contributed by atoms with Crippen LogP contribution in [0.25, 0.3) is 0 Å². The van der Waals surface area contributed by atoms with Crippen molar-refractivity contribution >= 4 is 30.4 Å². The van der Waals surface area contributed by atoms with E-state index in [1.165, 1.54) is 0 Å². The van der Waals surface area contributed by atoms with Crippen LogP contribution in [0.15, 0.2) is 0 Å². The van der Waals surface area contributed by atoms with Crippen molar-refractivity contribution < 1.29 is 115 Å². The monoisotopic (exact) mass is 619 g/mol. The fourth-order valence-electron chi connectivity index (χ4n) is 0. The van der Waals surface area contributed by atoms with E-state index in [0.717, 1.165) is 0 Å². The molecule has 3 N–H and O–H groups in total. The first kappa shape index (κ1) is 33.0. The average Bonchev–Trinajstić information content (AvgIpc) is 2.08. The van der Waals surface area contributed by atoms with Crippen LogP contribution in [0, 0.1) is 36.9 Å². The Balaban J connectivity index is -0.000000130. The molecule has 0 fully saturated rings. The molecular weight excluding hydrogens is 616 g/mol. The zero-order valence-corrected chi connectivity index (χ0v) is 14.4. The Morgan fingerprint density at radius 2 is 0.480 bits per heavy atom. The first-order valence-corrected chi connectivity index (χ1v) is 8.18. The predicted molar refractivity (Wildman–Crippen MR) is 52.8 cm³/mol. The standard InChI is InChI=1S/3CHF3O3S.Tm/c3*2-1(3,4)8(5,6)7;/h3*(H,5,6,7);. The van der Waals surface area contributed by atoms with Crippen molar-refractivity contribution in [2.75, 3.05) is 0 Å². The SMILES string of the molecule is O=S(=O)(O)C(F)(F)F.O=S(=O)(O)C(F)(F)F.O=S(=O)(O)C(F)(F)F.[Tm]. The van der Waals surface area contributed by atoms with Crippen molar-refractivity contribution in [3.63, 3.8) is 0 Å². The molecule has 0 aliphatic carbocycles. The van der Waals surface area contributed by atoms with Gasteiger partial charge in [0.15, 0.2) is 0 Å².